The van der Waals surface area contributed by atoms with Crippen LogP contribution in [0.4, 0.5) is 13.2 Å². The van der Waals surface area contributed by atoms with Crippen LogP contribution in [0.15, 0.2) is 24.3 Å². The van der Waals surface area contributed by atoms with Gasteiger partial charge in [-0.05, 0) is 44.0 Å². The van der Waals surface area contributed by atoms with Gasteiger partial charge in [-0.15, -0.1) is 0 Å². The first-order valence-corrected chi connectivity index (χ1v) is 8.61. The minimum absolute atomic E-state index is 0.131. The number of nitrogens with zero attached hydrogens (tertiary/aromatic N) is 1. The van der Waals surface area contributed by atoms with E-state index in [-0.39, 0.29) is 12.5 Å². The van der Waals surface area contributed by atoms with Crippen LogP contribution in [-0.2, 0) is 11.3 Å². The maximum atomic E-state index is 12.1. The first kappa shape index (κ1) is 19.7. The van der Waals surface area contributed by atoms with Gasteiger partial charge in [-0.25, -0.2) is 0 Å². The van der Waals surface area contributed by atoms with Gasteiger partial charge in [-0.3, -0.25) is 9.69 Å². The number of halogens is 3. The van der Waals surface area contributed by atoms with Crippen molar-refractivity contribution in [2.24, 2.45) is 0 Å². The number of hydrogen-bond donors (Lipinski definition) is 1. The molecule has 1 saturated heterocycles. The molecule has 0 bridgehead atoms. The lowest BCUT2D eigenvalue weighted by Gasteiger charge is -2.33. The van der Waals surface area contributed by atoms with E-state index in [0.29, 0.717) is 23.7 Å². The van der Waals surface area contributed by atoms with Crippen molar-refractivity contribution in [3.8, 4) is 0 Å². The molecule has 4 nitrogen and oxygen atoms in total. The van der Waals surface area contributed by atoms with Crippen molar-refractivity contribution in [2.75, 3.05) is 26.2 Å². The number of amides is 1. The van der Waals surface area contributed by atoms with E-state index >= 15 is 0 Å². The SMILES string of the molecule is CC1CCCCN1CCNC(=O)c1ccc(COCC(F)(F)F)cc1. The van der Waals surface area contributed by atoms with Crippen LogP contribution in [0.2, 0.25) is 0 Å². The Morgan fingerprint density at radius 1 is 1.28 bits per heavy atom. The number of nitrogens with one attached hydrogen (secondary N) is 1. The second-order valence-electron chi connectivity index (χ2n) is 6.44. The number of rotatable bonds is 7. The minimum Gasteiger partial charge on any atom is -0.367 e. The van der Waals surface area contributed by atoms with Gasteiger partial charge in [-0.2, -0.15) is 13.2 Å². The number of benzene rings is 1. The molecule has 2 rings (SSSR count). The summed E-state index contributed by atoms with van der Waals surface area (Å²) in [4.78, 5) is 14.5. The summed E-state index contributed by atoms with van der Waals surface area (Å²) >= 11 is 0. The molecule has 1 aromatic rings. The van der Waals surface area contributed by atoms with Crippen molar-refractivity contribution in [1.29, 1.82) is 0 Å². The molecule has 0 saturated carbocycles. The molecule has 0 radical (unpaired) electrons. The summed E-state index contributed by atoms with van der Waals surface area (Å²) in [5, 5.41) is 2.89. The molecule has 1 amide bonds. The van der Waals surface area contributed by atoms with Gasteiger partial charge >= 0.3 is 6.18 Å². The van der Waals surface area contributed by atoms with Crippen molar-refractivity contribution >= 4 is 5.91 Å². The van der Waals surface area contributed by atoms with Gasteiger partial charge in [0.05, 0.1) is 6.61 Å². The highest BCUT2D eigenvalue weighted by Crippen LogP contribution is 2.16. The smallest absolute Gasteiger partial charge is 0.367 e. The van der Waals surface area contributed by atoms with Crippen LogP contribution in [-0.4, -0.2) is 49.3 Å². The lowest BCUT2D eigenvalue weighted by Crippen LogP contribution is -2.42. The maximum Gasteiger partial charge on any atom is 0.411 e. The molecule has 1 atom stereocenters. The Balaban J connectivity index is 1.72. The van der Waals surface area contributed by atoms with Crippen LogP contribution in [0.1, 0.15) is 42.1 Å². The van der Waals surface area contributed by atoms with Crippen molar-refractivity contribution < 1.29 is 22.7 Å². The normalized spacial score (nSPS) is 19.0. The number of ether oxygens (including phenoxy) is 1. The van der Waals surface area contributed by atoms with E-state index in [1.807, 2.05) is 0 Å². The van der Waals surface area contributed by atoms with Gasteiger partial charge in [0.25, 0.3) is 5.91 Å². The fraction of sp³-hybridized carbons (Fsp3) is 0.611. The van der Waals surface area contributed by atoms with Crippen LogP contribution in [0, 0.1) is 0 Å². The zero-order chi connectivity index (χ0) is 18.3. The summed E-state index contributed by atoms with van der Waals surface area (Å²) in [6.07, 6.45) is -0.656. The average Bonchev–Trinajstić information content (AvgIpc) is 2.56. The first-order valence-electron chi connectivity index (χ1n) is 8.61. The van der Waals surface area contributed by atoms with Gasteiger partial charge in [0.1, 0.15) is 6.61 Å². The Morgan fingerprint density at radius 2 is 2.00 bits per heavy atom. The second-order valence-corrected chi connectivity index (χ2v) is 6.44. The van der Waals surface area contributed by atoms with E-state index < -0.39 is 12.8 Å². The Hall–Kier alpha value is -1.60. The van der Waals surface area contributed by atoms with E-state index in [9.17, 15) is 18.0 Å². The first-order chi connectivity index (χ1) is 11.8. The monoisotopic (exact) mass is 358 g/mol. The van der Waals surface area contributed by atoms with Crippen LogP contribution >= 0.6 is 0 Å². The predicted octanol–water partition coefficient (Wildman–Crippen LogP) is 3.37. The van der Waals surface area contributed by atoms with Crippen molar-refractivity contribution in [1.82, 2.24) is 10.2 Å². The van der Waals surface area contributed by atoms with Gasteiger partial charge in [0.15, 0.2) is 0 Å². The molecule has 1 unspecified atom stereocenters. The van der Waals surface area contributed by atoms with E-state index in [1.165, 1.54) is 19.3 Å². The molecule has 0 aliphatic carbocycles. The van der Waals surface area contributed by atoms with Crippen LogP contribution < -0.4 is 5.32 Å². The summed E-state index contributed by atoms with van der Waals surface area (Å²) in [5.74, 6) is -0.174. The summed E-state index contributed by atoms with van der Waals surface area (Å²) in [6, 6.07) is 6.98. The summed E-state index contributed by atoms with van der Waals surface area (Å²) in [6.45, 7) is 3.29. The molecule has 1 N–H and O–H groups in total. The molecule has 1 aliphatic rings. The summed E-state index contributed by atoms with van der Waals surface area (Å²) in [7, 11) is 0. The third-order valence-electron chi connectivity index (χ3n) is 4.38. The molecule has 1 aliphatic heterocycles. The van der Waals surface area contributed by atoms with Crippen molar-refractivity contribution in [3.05, 3.63) is 35.4 Å². The van der Waals surface area contributed by atoms with Gasteiger partial charge < -0.3 is 10.1 Å². The van der Waals surface area contributed by atoms with Gasteiger partial charge in [0.2, 0.25) is 0 Å². The predicted molar refractivity (Wildman–Crippen MR) is 89.4 cm³/mol. The molecule has 1 aromatic carbocycles. The molecule has 0 spiro atoms. The highest BCUT2D eigenvalue weighted by Gasteiger charge is 2.27. The van der Waals surface area contributed by atoms with Gasteiger partial charge in [-0.1, -0.05) is 18.6 Å². The standard InChI is InChI=1S/C18H25F3N2O2/c1-14-4-2-3-10-23(14)11-9-22-17(24)16-7-5-15(6-8-16)12-25-13-18(19,20)21/h5-8,14H,2-4,9-13H2,1H3,(H,22,24). The molecule has 0 aromatic heterocycles. The van der Waals surface area contributed by atoms with E-state index in [0.717, 1.165) is 13.1 Å². The van der Waals surface area contributed by atoms with Crippen LogP contribution in [0.3, 0.4) is 0 Å². The Morgan fingerprint density at radius 3 is 2.64 bits per heavy atom. The number of likely N-dealkylation sites (tertiary alicyclic amines) is 1. The molecular formula is C18H25F3N2O2. The summed E-state index contributed by atoms with van der Waals surface area (Å²) < 4.78 is 40.7. The highest BCUT2D eigenvalue weighted by atomic mass is 19.4. The van der Waals surface area contributed by atoms with Crippen molar-refractivity contribution in [2.45, 2.75) is 45.0 Å². The summed E-state index contributed by atoms with van der Waals surface area (Å²) in [5.41, 5.74) is 1.09. The lowest BCUT2D eigenvalue weighted by atomic mass is 10.0. The third-order valence-corrected chi connectivity index (χ3v) is 4.38. The fourth-order valence-corrected chi connectivity index (χ4v) is 2.94. The molecule has 1 fully saturated rings. The lowest BCUT2D eigenvalue weighted by molar-refractivity contribution is -0.176. The molecule has 140 valence electrons. The average molecular weight is 358 g/mol. The maximum absolute atomic E-state index is 12.1. The number of carbonyl (C=O) groups is 1. The number of carbonyl (C=O) groups excluding carboxylic acids is 1. The van der Waals surface area contributed by atoms with E-state index in [4.69, 9.17) is 0 Å². The molecular weight excluding hydrogens is 333 g/mol. The molecule has 25 heavy (non-hydrogen) atoms. The quantitative estimate of drug-likeness (QED) is 0.813. The largest absolute Gasteiger partial charge is 0.411 e. The Labute approximate surface area is 146 Å². The zero-order valence-corrected chi connectivity index (χ0v) is 14.4. The van der Waals surface area contributed by atoms with Crippen LogP contribution in [0.5, 0.6) is 0 Å². The fourth-order valence-electron chi connectivity index (χ4n) is 2.94. The van der Waals surface area contributed by atoms with Crippen molar-refractivity contribution in [3.63, 3.8) is 0 Å². The topological polar surface area (TPSA) is 41.6 Å². The molecule has 1 heterocycles. The number of hydrogen-bond acceptors (Lipinski definition) is 3. The Kier molecular flexibility index (Phi) is 7.25. The number of piperidine rings is 1. The highest BCUT2D eigenvalue weighted by molar-refractivity contribution is 5.94. The number of alkyl halides is 3. The third kappa shape index (κ3) is 7.04. The van der Waals surface area contributed by atoms with E-state index in [2.05, 4.69) is 21.9 Å². The second kappa shape index (κ2) is 9.20. The molecule has 7 heteroatoms. The van der Waals surface area contributed by atoms with E-state index in [1.54, 1.807) is 24.3 Å². The van der Waals surface area contributed by atoms with Crippen LogP contribution in [0.25, 0.3) is 0 Å². The zero-order valence-electron chi connectivity index (χ0n) is 14.4. The van der Waals surface area contributed by atoms with Gasteiger partial charge in [0, 0.05) is 24.7 Å². The Bertz CT molecular complexity index is 546. The minimum atomic E-state index is -4.33.